The van der Waals surface area contributed by atoms with Gasteiger partial charge in [-0.15, -0.1) is 0 Å². The topological polar surface area (TPSA) is 77.8 Å². The third-order valence-electron chi connectivity index (χ3n) is 3.50. The normalized spacial score (nSPS) is 10.0. The number of hydrogen-bond donors (Lipinski definition) is 2. The summed E-state index contributed by atoms with van der Waals surface area (Å²) in [6.07, 6.45) is 1.49. The van der Waals surface area contributed by atoms with Crippen LogP contribution >= 0.6 is 11.6 Å². The molecular formula is C19H12ClFN4O. The van der Waals surface area contributed by atoms with Gasteiger partial charge in [0.1, 0.15) is 17.6 Å². The third kappa shape index (κ3) is 3.97. The minimum absolute atomic E-state index is 0.0773. The standard InChI is InChI=1S/C19H12ClFN4O/c20-15-9-13(5-7-16(15)21)25-19(26)18-8-6-14(11-23-18)24-17-4-2-1-3-12(17)10-22/h1-9,11,24H,(H,25,26). The van der Waals surface area contributed by atoms with E-state index in [0.29, 0.717) is 22.6 Å². The van der Waals surface area contributed by atoms with Crippen molar-refractivity contribution in [2.24, 2.45) is 0 Å². The number of aromatic nitrogens is 1. The van der Waals surface area contributed by atoms with Gasteiger partial charge >= 0.3 is 0 Å². The van der Waals surface area contributed by atoms with E-state index in [0.717, 1.165) is 0 Å². The fraction of sp³-hybridized carbons (Fsp3) is 0. The van der Waals surface area contributed by atoms with Crippen molar-refractivity contribution in [3.63, 3.8) is 0 Å². The van der Waals surface area contributed by atoms with Crippen LogP contribution in [0.15, 0.2) is 60.8 Å². The monoisotopic (exact) mass is 366 g/mol. The summed E-state index contributed by atoms with van der Waals surface area (Å²) in [5, 5.41) is 14.7. The van der Waals surface area contributed by atoms with E-state index in [1.165, 1.54) is 30.5 Å². The maximum absolute atomic E-state index is 13.2. The molecule has 1 aromatic heterocycles. The molecule has 0 aliphatic heterocycles. The summed E-state index contributed by atoms with van der Waals surface area (Å²) < 4.78 is 13.2. The van der Waals surface area contributed by atoms with Crippen LogP contribution in [-0.2, 0) is 0 Å². The molecule has 3 aromatic rings. The molecule has 0 aliphatic rings. The minimum Gasteiger partial charge on any atom is -0.353 e. The molecule has 5 nitrogen and oxygen atoms in total. The van der Waals surface area contributed by atoms with E-state index in [-0.39, 0.29) is 10.7 Å². The Morgan fingerprint density at radius 2 is 1.88 bits per heavy atom. The number of carbonyl (C=O) groups excluding carboxylic acids is 1. The van der Waals surface area contributed by atoms with Crippen LogP contribution in [0, 0.1) is 17.1 Å². The lowest BCUT2D eigenvalue weighted by atomic mass is 10.2. The van der Waals surface area contributed by atoms with Gasteiger partial charge in [-0.1, -0.05) is 23.7 Å². The van der Waals surface area contributed by atoms with Crippen molar-refractivity contribution in [1.82, 2.24) is 4.98 Å². The van der Waals surface area contributed by atoms with Gasteiger partial charge in [-0.2, -0.15) is 5.26 Å². The first-order valence-electron chi connectivity index (χ1n) is 7.55. The zero-order valence-electron chi connectivity index (χ0n) is 13.3. The summed E-state index contributed by atoms with van der Waals surface area (Å²) in [7, 11) is 0. The number of pyridine rings is 1. The van der Waals surface area contributed by atoms with E-state index in [1.807, 2.05) is 6.07 Å². The molecule has 7 heteroatoms. The molecule has 0 saturated carbocycles. The van der Waals surface area contributed by atoms with Crippen LogP contribution in [0.1, 0.15) is 16.1 Å². The quantitative estimate of drug-likeness (QED) is 0.699. The molecular weight excluding hydrogens is 355 g/mol. The van der Waals surface area contributed by atoms with Crippen molar-refractivity contribution in [2.75, 3.05) is 10.6 Å². The number of rotatable bonds is 4. The van der Waals surface area contributed by atoms with E-state index >= 15 is 0 Å². The number of hydrogen-bond acceptors (Lipinski definition) is 4. The van der Waals surface area contributed by atoms with Crippen LogP contribution in [0.5, 0.6) is 0 Å². The fourth-order valence-corrected chi connectivity index (χ4v) is 2.40. The highest BCUT2D eigenvalue weighted by molar-refractivity contribution is 6.31. The molecule has 1 heterocycles. The maximum Gasteiger partial charge on any atom is 0.274 e. The van der Waals surface area contributed by atoms with E-state index < -0.39 is 11.7 Å². The summed E-state index contributed by atoms with van der Waals surface area (Å²) in [5.74, 6) is -1.01. The first kappa shape index (κ1) is 17.4. The van der Waals surface area contributed by atoms with Crippen LogP contribution in [0.2, 0.25) is 5.02 Å². The third-order valence-corrected chi connectivity index (χ3v) is 3.79. The molecule has 0 atom stereocenters. The number of carbonyl (C=O) groups is 1. The van der Waals surface area contributed by atoms with Crippen molar-refractivity contribution in [1.29, 1.82) is 5.26 Å². The Hall–Kier alpha value is -3.43. The second kappa shape index (κ2) is 7.64. The van der Waals surface area contributed by atoms with Crippen molar-refractivity contribution >= 4 is 34.6 Å². The lowest BCUT2D eigenvalue weighted by Crippen LogP contribution is -2.13. The predicted octanol–water partition coefficient (Wildman–Crippen LogP) is 4.74. The molecule has 26 heavy (non-hydrogen) atoms. The molecule has 0 fully saturated rings. The number of para-hydroxylation sites is 1. The molecule has 0 radical (unpaired) electrons. The molecule has 2 aromatic carbocycles. The van der Waals surface area contributed by atoms with E-state index in [2.05, 4.69) is 21.7 Å². The Kier molecular flexibility index (Phi) is 5.11. The largest absolute Gasteiger partial charge is 0.353 e. The van der Waals surface area contributed by atoms with E-state index in [9.17, 15) is 9.18 Å². The molecule has 2 N–H and O–H groups in total. The van der Waals surface area contributed by atoms with Crippen molar-refractivity contribution in [2.45, 2.75) is 0 Å². The predicted molar refractivity (Wildman–Crippen MR) is 98.0 cm³/mol. The number of halogens is 2. The molecule has 0 unspecified atom stereocenters. The zero-order chi connectivity index (χ0) is 18.5. The summed E-state index contributed by atoms with van der Waals surface area (Å²) in [6.45, 7) is 0. The highest BCUT2D eigenvalue weighted by Gasteiger charge is 2.10. The molecule has 1 amide bonds. The lowest BCUT2D eigenvalue weighted by molar-refractivity contribution is 0.102. The SMILES string of the molecule is N#Cc1ccccc1Nc1ccc(C(=O)Nc2ccc(F)c(Cl)c2)nc1. The summed E-state index contributed by atoms with van der Waals surface area (Å²) >= 11 is 5.69. The fourth-order valence-electron chi connectivity index (χ4n) is 2.22. The summed E-state index contributed by atoms with van der Waals surface area (Å²) in [5.41, 5.74) is 2.34. The Balaban J connectivity index is 1.71. The minimum atomic E-state index is -0.559. The van der Waals surface area contributed by atoms with Crippen LogP contribution in [0.25, 0.3) is 0 Å². The zero-order valence-corrected chi connectivity index (χ0v) is 14.1. The highest BCUT2D eigenvalue weighted by atomic mass is 35.5. The summed E-state index contributed by atoms with van der Waals surface area (Å²) in [6, 6.07) is 16.3. The first-order chi connectivity index (χ1) is 12.6. The Morgan fingerprint density at radius 3 is 2.58 bits per heavy atom. The van der Waals surface area contributed by atoms with Crippen molar-refractivity contribution in [3.05, 3.63) is 82.9 Å². The van der Waals surface area contributed by atoms with Gasteiger partial charge in [0.15, 0.2) is 0 Å². The number of anilines is 3. The molecule has 0 spiro atoms. The smallest absolute Gasteiger partial charge is 0.274 e. The molecule has 128 valence electrons. The summed E-state index contributed by atoms with van der Waals surface area (Å²) in [4.78, 5) is 16.3. The van der Waals surface area contributed by atoms with Gasteiger partial charge in [0.2, 0.25) is 0 Å². The van der Waals surface area contributed by atoms with Crippen LogP contribution in [0.4, 0.5) is 21.5 Å². The Labute approximate surface area is 154 Å². The van der Waals surface area contributed by atoms with Crippen molar-refractivity contribution < 1.29 is 9.18 Å². The van der Waals surface area contributed by atoms with Gasteiger partial charge in [-0.25, -0.2) is 9.37 Å². The number of nitrogens with one attached hydrogen (secondary N) is 2. The van der Waals surface area contributed by atoms with Gasteiger partial charge in [0, 0.05) is 5.69 Å². The number of nitriles is 1. The average molecular weight is 367 g/mol. The highest BCUT2D eigenvalue weighted by Crippen LogP contribution is 2.21. The van der Waals surface area contributed by atoms with E-state index in [1.54, 1.807) is 24.3 Å². The number of amides is 1. The molecule has 0 bridgehead atoms. The van der Waals surface area contributed by atoms with Gasteiger partial charge < -0.3 is 10.6 Å². The van der Waals surface area contributed by atoms with E-state index in [4.69, 9.17) is 16.9 Å². The average Bonchev–Trinajstić information content (AvgIpc) is 2.66. The van der Waals surface area contributed by atoms with Crippen molar-refractivity contribution in [3.8, 4) is 6.07 Å². The van der Waals surface area contributed by atoms with Gasteiger partial charge in [-0.3, -0.25) is 4.79 Å². The van der Waals surface area contributed by atoms with Crippen LogP contribution in [0.3, 0.4) is 0 Å². The number of nitrogens with zero attached hydrogens (tertiary/aromatic N) is 2. The Bertz CT molecular complexity index is 999. The Morgan fingerprint density at radius 1 is 1.12 bits per heavy atom. The molecule has 0 aliphatic carbocycles. The van der Waals surface area contributed by atoms with Gasteiger partial charge in [0.25, 0.3) is 5.91 Å². The maximum atomic E-state index is 13.2. The van der Waals surface area contributed by atoms with Gasteiger partial charge in [-0.05, 0) is 42.5 Å². The molecule has 0 saturated heterocycles. The number of benzene rings is 2. The van der Waals surface area contributed by atoms with Gasteiger partial charge in [0.05, 0.1) is 28.2 Å². The van der Waals surface area contributed by atoms with Crippen LogP contribution in [-0.4, -0.2) is 10.9 Å². The lowest BCUT2D eigenvalue weighted by Gasteiger charge is -2.09. The van der Waals surface area contributed by atoms with Crippen LogP contribution < -0.4 is 10.6 Å². The second-order valence-corrected chi connectivity index (χ2v) is 5.70. The first-order valence-corrected chi connectivity index (χ1v) is 7.93. The molecule has 3 rings (SSSR count). The second-order valence-electron chi connectivity index (χ2n) is 5.30.